The first-order chi connectivity index (χ1) is 8.78. The Morgan fingerprint density at radius 3 is 2.94 bits per heavy atom. The van der Waals surface area contributed by atoms with Crippen molar-refractivity contribution in [2.75, 3.05) is 20.3 Å². The van der Waals surface area contributed by atoms with E-state index in [1.54, 1.807) is 7.11 Å². The van der Waals surface area contributed by atoms with E-state index in [2.05, 4.69) is 17.5 Å². The molecule has 1 aromatic rings. The van der Waals surface area contributed by atoms with Crippen molar-refractivity contribution in [3.63, 3.8) is 0 Å². The molecule has 2 rings (SSSR count). The van der Waals surface area contributed by atoms with Crippen molar-refractivity contribution < 1.29 is 4.74 Å². The summed E-state index contributed by atoms with van der Waals surface area (Å²) in [4.78, 5) is 0. The van der Waals surface area contributed by atoms with Crippen molar-refractivity contribution in [1.82, 2.24) is 5.32 Å². The summed E-state index contributed by atoms with van der Waals surface area (Å²) in [5.41, 5.74) is 2.38. The topological polar surface area (TPSA) is 45.0 Å². The summed E-state index contributed by atoms with van der Waals surface area (Å²) in [7, 11) is 1.76. The van der Waals surface area contributed by atoms with Crippen LogP contribution in [0.3, 0.4) is 0 Å². The molecule has 0 saturated heterocycles. The van der Waals surface area contributed by atoms with Gasteiger partial charge in [0.2, 0.25) is 0 Å². The van der Waals surface area contributed by atoms with Crippen LogP contribution in [-0.2, 0) is 11.3 Å². The van der Waals surface area contributed by atoms with Crippen molar-refractivity contribution in [3.05, 3.63) is 35.4 Å². The van der Waals surface area contributed by atoms with Gasteiger partial charge in [-0.15, -0.1) is 0 Å². The molecule has 0 unspecified atom stereocenters. The molecule has 1 aromatic carbocycles. The number of rotatable bonds is 7. The fourth-order valence-corrected chi connectivity index (χ4v) is 2.23. The Morgan fingerprint density at radius 1 is 1.44 bits per heavy atom. The standard InChI is InChI=1S/C15H20N2O/c1-18-8-7-15(5-6-15)12-17-11-14-4-2-3-13(9-14)10-16/h2-4,9,17H,5-8,11-12H2,1H3. The van der Waals surface area contributed by atoms with E-state index < -0.39 is 0 Å². The highest BCUT2D eigenvalue weighted by atomic mass is 16.5. The molecule has 1 aliphatic carbocycles. The van der Waals surface area contributed by atoms with E-state index in [4.69, 9.17) is 10.00 Å². The van der Waals surface area contributed by atoms with Gasteiger partial charge in [-0.05, 0) is 42.4 Å². The molecule has 0 radical (unpaired) electrons. The lowest BCUT2D eigenvalue weighted by atomic mass is 10.0. The maximum absolute atomic E-state index is 8.84. The molecule has 3 heteroatoms. The average Bonchev–Trinajstić information content (AvgIpc) is 3.17. The molecule has 0 aliphatic heterocycles. The maximum atomic E-state index is 8.84. The van der Waals surface area contributed by atoms with Crippen molar-refractivity contribution >= 4 is 0 Å². The van der Waals surface area contributed by atoms with E-state index in [-0.39, 0.29) is 0 Å². The Morgan fingerprint density at radius 2 is 2.28 bits per heavy atom. The minimum Gasteiger partial charge on any atom is -0.385 e. The highest BCUT2D eigenvalue weighted by Crippen LogP contribution is 2.48. The zero-order valence-electron chi connectivity index (χ0n) is 10.9. The van der Waals surface area contributed by atoms with E-state index in [9.17, 15) is 0 Å². The molecule has 1 aliphatic rings. The molecule has 0 atom stereocenters. The summed E-state index contributed by atoms with van der Waals surface area (Å²) in [6.45, 7) is 2.74. The fourth-order valence-electron chi connectivity index (χ4n) is 2.23. The summed E-state index contributed by atoms with van der Waals surface area (Å²) >= 11 is 0. The van der Waals surface area contributed by atoms with Gasteiger partial charge in [-0.3, -0.25) is 0 Å². The van der Waals surface area contributed by atoms with E-state index in [0.717, 1.165) is 31.7 Å². The highest BCUT2D eigenvalue weighted by molar-refractivity contribution is 5.32. The molecule has 96 valence electrons. The molecule has 3 nitrogen and oxygen atoms in total. The third-order valence-electron chi connectivity index (χ3n) is 3.68. The van der Waals surface area contributed by atoms with Crippen LogP contribution < -0.4 is 5.32 Å². The maximum Gasteiger partial charge on any atom is 0.0991 e. The van der Waals surface area contributed by atoms with Gasteiger partial charge in [-0.25, -0.2) is 0 Å². The molecule has 0 spiro atoms. The first-order valence-corrected chi connectivity index (χ1v) is 6.47. The van der Waals surface area contributed by atoms with Crippen LogP contribution in [0, 0.1) is 16.7 Å². The van der Waals surface area contributed by atoms with Gasteiger partial charge in [0.15, 0.2) is 0 Å². The van der Waals surface area contributed by atoms with Crippen LogP contribution in [0.1, 0.15) is 30.4 Å². The number of hydrogen-bond acceptors (Lipinski definition) is 3. The van der Waals surface area contributed by atoms with Gasteiger partial charge in [-0.2, -0.15) is 5.26 Å². The quantitative estimate of drug-likeness (QED) is 0.801. The average molecular weight is 244 g/mol. The lowest BCUT2D eigenvalue weighted by Crippen LogP contribution is -2.24. The summed E-state index contributed by atoms with van der Waals surface area (Å²) in [6.07, 6.45) is 3.76. The molecular weight excluding hydrogens is 224 g/mol. The molecule has 18 heavy (non-hydrogen) atoms. The van der Waals surface area contributed by atoms with Crippen LogP contribution in [-0.4, -0.2) is 20.3 Å². The molecule has 0 aromatic heterocycles. The van der Waals surface area contributed by atoms with Crippen molar-refractivity contribution in [2.24, 2.45) is 5.41 Å². The van der Waals surface area contributed by atoms with Crippen LogP contribution in [0.4, 0.5) is 0 Å². The van der Waals surface area contributed by atoms with Crippen LogP contribution >= 0.6 is 0 Å². The van der Waals surface area contributed by atoms with Gasteiger partial charge in [0, 0.05) is 26.8 Å². The first-order valence-electron chi connectivity index (χ1n) is 6.47. The monoisotopic (exact) mass is 244 g/mol. The number of nitrogens with one attached hydrogen (secondary N) is 1. The van der Waals surface area contributed by atoms with Crippen molar-refractivity contribution in [3.8, 4) is 6.07 Å². The summed E-state index contributed by atoms with van der Waals surface area (Å²) in [6, 6.07) is 9.95. The number of nitriles is 1. The lowest BCUT2D eigenvalue weighted by Gasteiger charge is -2.15. The third-order valence-corrected chi connectivity index (χ3v) is 3.68. The smallest absolute Gasteiger partial charge is 0.0991 e. The fraction of sp³-hybridized carbons (Fsp3) is 0.533. The Balaban J connectivity index is 1.77. The molecular formula is C15H20N2O. The predicted molar refractivity (Wildman–Crippen MR) is 71.0 cm³/mol. The molecule has 0 bridgehead atoms. The molecule has 0 amide bonds. The molecule has 1 saturated carbocycles. The first kappa shape index (κ1) is 13.1. The molecule has 0 heterocycles. The van der Waals surface area contributed by atoms with Crippen molar-refractivity contribution in [1.29, 1.82) is 5.26 Å². The highest BCUT2D eigenvalue weighted by Gasteiger charge is 2.41. The van der Waals surface area contributed by atoms with Gasteiger partial charge in [0.1, 0.15) is 0 Å². The van der Waals surface area contributed by atoms with Crippen molar-refractivity contribution in [2.45, 2.75) is 25.8 Å². The lowest BCUT2D eigenvalue weighted by molar-refractivity contribution is 0.171. The molecule has 1 fully saturated rings. The summed E-state index contributed by atoms with van der Waals surface area (Å²) in [5.74, 6) is 0. The van der Waals surface area contributed by atoms with Gasteiger partial charge in [0.25, 0.3) is 0 Å². The van der Waals surface area contributed by atoms with E-state index in [0.29, 0.717) is 5.41 Å². The Hall–Kier alpha value is -1.37. The Kier molecular flexibility index (Phi) is 4.35. The second kappa shape index (κ2) is 5.99. The normalized spacial score (nSPS) is 16.2. The Bertz CT molecular complexity index is 432. The zero-order chi connectivity index (χ0) is 12.8. The number of methoxy groups -OCH3 is 1. The van der Waals surface area contributed by atoms with E-state index in [1.165, 1.54) is 18.4 Å². The summed E-state index contributed by atoms with van der Waals surface area (Å²) < 4.78 is 5.15. The third kappa shape index (κ3) is 3.56. The predicted octanol–water partition coefficient (Wildman–Crippen LogP) is 2.46. The number of ether oxygens (including phenoxy) is 1. The van der Waals surface area contributed by atoms with Crippen LogP contribution in [0.25, 0.3) is 0 Å². The van der Waals surface area contributed by atoms with Gasteiger partial charge in [-0.1, -0.05) is 12.1 Å². The second-order valence-electron chi connectivity index (χ2n) is 5.16. The summed E-state index contributed by atoms with van der Waals surface area (Å²) in [5, 5.41) is 12.3. The zero-order valence-corrected chi connectivity index (χ0v) is 10.9. The molecule has 1 N–H and O–H groups in total. The Labute approximate surface area is 109 Å². The second-order valence-corrected chi connectivity index (χ2v) is 5.16. The van der Waals surface area contributed by atoms with E-state index >= 15 is 0 Å². The van der Waals surface area contributed by atoms with Crippen LogP contribution in [0.15, 0.2) is 24.3 Å². The number of hydrogen-bond donors (Lipinski definition) is 1. The largest absolute Gasteiger partial charge is 0.385 e. The van der Waals surface area contributed by atoms with Crippen LogP contribution in [0.2, 0.25) is 0 Å². The van der Waals surface area contributed by atoms with Crippen LogP contribution in [0.5, 0.6) is 0 Å². The van der Waals surface area contributed by atoms with E-state index in [1.807, 2.05) is 18.2 Å². The van der Waals surface area contributed by atoms with Gasteiger partial charge >= 0.3 is 0 Å². The minimum atomic E-state index is 0.475. The number of benzene rings is 1. The van der Waals surface area contributed by atoms with Gasteiger partial charge < -0.3 is 10.1 Å². The minimum absolute atomic E-state index is 0.475. The van der Waals surface area contributed by atoms with Gasteiger partial charge in [0.05, 0.1) is 11.6 Å². The SMILES string of the molecule is COCCC1(CNCc2cccc(C#N)c2)CC1. The number of nitrogens with zero attached hydrogens (tertiary/aromatic N) is 1.